The summed E-state index contributed by atoms with van der Waals surface area (Å²) in [4.78, 5) is 30.9. The summed E-state index contributed by atoms with van der Waals surface area (Å²) in [6, 6.07) is 12.1. The molecule has 1 amide bonds. The van der Waals surface area contributed by atoms with Gasteiger partial charge in [-0.2, -0.15) is 0 Å². The Kier molecular flexibility index (Phi) is 22.7. The van der Waals surface area contributed by atoms with Gasteiger partial charge in [0, 0.05) is 75.7 Å². The lowest BCUT2D eigenvalue weighted by molar-refractivity contribution is -0.104. The van der Waals surface area contributed by atoms with Crippen molar-refractivity contribution in [3.63, 3.8) is 0 Å². The molecule has 0 aliphatic carbocycles. The molecule has 2 unspecified atom stereocenters. The van der Waals surface area contributed by atoms with Gasteiger partial charge in [-0.3, -0.25) is 4.79 Å². The molecule has 0 aliphatic heterocycles. The number of likely N-dealkylation sites (N-methyl/N-ethyl adjacent to an activating group) is 2. The smallest absolute Gasteiger partial charge is 0.410 e. The maximum absolute atomic E-state index is 12.4. The summed E-state index contributed by atoms with van der Waals surface area (Å²) in [6.45, 7) is 21.6. The van der Waals surface area contributed by atoms with Crippen molar-refractivity contribution in [3.05, 3.63) is 70.6 Å². The number of thiophene rings is 1. The van der Waals surface area contributed by atoms with Crippen LogP contribution >= 0.6 is 11.3 Å². The Morgan fingerprint density at radius 2 is 1.69 bits per heavy atom. The maximum atomic E-state index is 12.4. The van der Waals surface area contributed by atoms with E-state index in [1.54, 1.807) is 23.3 Å². The van der Waals surface area contributed by atoms with Crippen LogP contribution < -0.4 is 9.64 Å². The molecule has 0 saturated carbocycles. The molecule has 1 N–H and O–H groups in total. The number of amides is 1. The first-order valence-corrected chi connectivity index (χ1v) is 18.1. The zero-order chi connectivity index (χ0) is 36.7. The fraction of sp³-hybridized carbons (Fsp3) is 0.564. The molecule has 8 nitrogen and oxygen atoms in total. The zero-order valence-electron chi connectivity index (χ0n) is 31.7. The molecule has 2 rings (SSSR count). The van der Waals surface area contributed by atoms with Gasteiger partial charge in [0.2, 0.25) is 0 Å². The SMILES string of the molecule is C=CCCC.CCC.CCC(C)/C(=C(\C=N)C=O)N(C)CCN(C)c1cccc(OC(CCN(C)C(=O)OC(C)(C)C)c2cccs2)c1. The first-order valence-electron chi connectivity index (χ1n) is 17.2. The predicted octanol–water partition coefficient (Wildman–Crippen LogP) is 10.0. The van der Waals surface area contributed by atoms with Gasteiger partial charge >= 0.3 is 6.09 Å². The van der Waals surface area contributed by atoms with Crippen LogP contribution in [-0.4, -0.2) is 74.8 Å². The lowest BCUT2D eigenvalue weighted by Gasteiger charge is -2.30. The topological polar surface area (TPSA) is 86.2 Å². The third-order valence-electron chi connectivity index (χ3n) is 7.16. The maximum Gasteiger partial charge on any atom is 0.410 e. The van der Waals surface area contributed by atoms with Gasteiger partial charge in [0.15, 0.2) is 6.29 Å². The van der Waals surface area contributed by atoms with Gasteiger partial charge in [0.05, 0.1) is 5.57 Å². The van der Waals surface area contributed by atoms with Crippen molar-refractivity contribution < 1.29 is 19.1 Å². The van der Waals surface area contributed by atoms with Crippen molar-refractivity contribution in [2.24, 2.45) is 5.92 Å². The lowest BCUT2D eigenvalue weighted by atomic mass is 9.99. The average Bonchev–Trinajstić information content (AvgIpc) is 3.59. The second kappa shape index (κ2) is 24.5. The number of anilines is 1. The highest BCUT2D eigenvalue weighted by atomic mass is 32.1. The van der Waals surface area contributed by atoms with E-state index in [1.165, 1.54) is 12.8 Å². The number of aldehydes is 1. The van der Waals surface area contributed by atoms with Gasteiger partial charge in [-0.25, -0.2) is 4.79 Å². The lowest BCUT2D eigenvalue weighted by Crippen LogP contribution is -2.35. The number of unbranched alkanes of at least 4 members (excludes halogenated alkanes) is 1. The number of carbonyl (C=O) groups is 2. The van der Waals surface area contributed by atoms with E-state index in [0.717, 1.165) is 53.9 Å². The highest BCUT2D eigenvalue weighted by Crippen LogP contribution is 2.30. The van der Waals surface area contributed by atoms with Crippen LogP contribution in [0.15, 0.2) is 65.7 Å². The fourth-order valence-corrected chi connectivity index (χ4v) is 5.22. The molecular formula is C39H64N4O4S. The number of hydrogen-bond acceptors (Lipinski definition) is 8. The fourth-order valence-electron chi connectivity index (χ4n) is 4.43. The Balaban J connectivity index is 0.00000247. The molecular weight excluding hydrogens is 621 g/mol. The molecule has 0 aliphatic rings. The second-order valence-corrected chi connectivity index (χ2v) is 13.8. The van der Waals surface area contributed by atoms with Crippen LogP contribution in [0.1, 0.15) is 98.5 Å². The standard InChI is InChI=1S/C31H46N4O4S.C5H10.C3H8/c1-9-23(2)29(24(21-32)22-36)34(7)18-17-33(6)25-12-10-13-26(20-25)38-27(28-14-11-19-40-28)15-16-35(8)30(37)39-31(3,4)5;1-3-5-4-2;1-3-2/h10-14,19-23,27,32H,9,15-18H2,1-8H3;3H,1,4-5H2,2H3;3H2,1-2H3/b29-24-,32-21?;;. The summed E-state index contributed by atoms with van der Waals surface area (Å²) in [6.07, 6.45) is 8.43. The summed E-state index contributed by atoms with van der Waals surface area (Å²) in [7, 11) is 5.75. The normalized spacial score (nSPS) is 12.4. The first-order chi connectivity index (χ1) is 22.7. The van der Waals surface area contributed by atoms with Crippen LogP contribution in [-0.2, 0) is 9.53 Å². The Labute approximate surface area is 296 Å². The number of nitrogens with zero attached hydrogens (tertiary/aromatic N) is 3. The summed E-state index contributed by atoms with van der Waals surface area (Å²) in [5, 5.41) is 9.68. The molecule has 1 heterocycles. The minimum Gasteiger partial charge on any atom is -0.485 e. The van der Waals surface area contributed by atoms with E-state index in [-0.39, 0.29) is 18.1 Å². The summed E-state index contributed by atoms with van der Waals surface area (Å²) in [5.74, 6) is 0.931. The molecule has 9 heteroatoms. The van der Waals surface area contributed by atoms with Gasteiger partial charge in [0.1, 0.15) is 17.5 Å². The van der Waals surface area contributed by atoms with Crippen LogP contribution in [0.3, 0.4) is 0 Å². The van der Waals surface area contributed by atoms with Crippen molar-refractivity contribution in [2.45, 2.75) is 99.2 Å². The van der Waals surface area contributed by atoms with Crippen molar-refractivity contribution in [1.29, 1.82) is 5.41 Å². The van der Waals surface area contributed by atoms with Gasteiger partial charge < -0.3 is 29.6 Å². The van der Waals surface area contributed by atoms with Crippen LogP contribution in [0.5, 0.6) is 5.75 Å². The Hall–Kier alpha value is -3.59. The minimum absolute atomic E-state index is 0.178. The summed E-state index contributed by atoms with van der Waals surface area (Å²) >= 11 is 1.63. The van der Waals surface area contributed by atoms with Crippen LogP contribution in [0.4, 0.5) is 10.5 Å². The Morgan fingerprint density at radius 3 is 2.17 bits per heavy atom. The largest absolute Gasteiger partial charge is 0.485 e. The second-order valence-electron chi connectivity index (χ2n) is 12.8. The third kappa shape index (κ3) is 17.5. The number of hydrogen-bond donors (Lipinski definition) is 1. The molecule has 270 valence electrons. The number of allylic oxidation sites excluding steroid dienone is 3. The van der Waals surface area contributed by atoms with E-state index >= 15 is 0 Å². The molecule has 0 spiro atoms. The number of nitrogens with one attached hydrogen (secondary N) is 1. The van der Waals surface area contributed by atoms with Crippen LogP contribution in [0.25, 0.3) is 0 Å². The van der Waals surface area contributed by atoms with E-state index in [1.807, 2.05) is 76.7 Å². The number of rotatable bonds is 17. The number of benzene rings is 1. The van der Waals surface area contributed by atoms with Gasteiger partial charge in [0.25, 0.3) is 0 Å². The molecule has 1 aromatic heterocycles. The van der Waals surface area contributed by atoms with E-state index in [0.29, 0.717) is 25.1 Å². The van der Waals surface area contributed by atoms with Crippen LogP contribution in [0, 0.1) is 11.3 Å². The highest BCUT2D eigenvalue weighted by Gasteiger charge is 2.22. The van der Waals surface area contributed by atoms with Crippen molar-refractivity contribution >= 4 is 35.6 Å². The predicted molar refractivity (Wildman–Crippen MR) is 206 cm³/mol. The van der Waals surface area contributed by atoms with E-state index in [4.69, 9.17) is 14.9 Å². The molecule has 48 heavy (non-hydrogen) atoms. The molecule has 2 atom stereocenters. The number of ether oxygens (including phenoxy) is 2. The van der Waals surface area contributed by atoms with E-state index < -0.39 is 5.60 Å². The van der Waals surface area contributed by atoms with E-state index in [2.05, 4.69) is 57.1 Å². The summed E-state index contributed by atoms with van der Waals surface area (Å²) < 4.78 is 12.0. The summed E-state index contributed by atoms with van der Waals surface area (Å²) in [5.41, 5.74) is 1.79. The highest BCUT2D eigenvalue weighted by molar-refractivity contribution is 7.10. The molecule has 1 aromatic carbocycles. The quantitative estimate of drug-likeness (QED) is 0.0773. The molecule has 2 aromatic rings. The Morgan fingerprint density at radius 1 is 1.02 bits per heavy atom. The first kappa shape index (κ1) is 44.4. The van der Waals surface area contributed by atoms with E-state index in [9.17, 15) is 9.59 Å². The van der Waals surface area contributed by atoms with Gasteiger partial charge in [-0.15, -0.1) is 17.9 Å². The van der Waals surface area contributed by atoms with Crippen LogP contribution in [0.2, 0.25) is 0 Å². The molecule has 0 saturated heterocycles. The van der Waals surface area contributed by atoms with Gasteiger partial charge in [-0.1, -0.05) is 65.7 Å². The van der Waals surface area contributed by atoms with Gasteiger partial charge in [-0.05, 0) is 63.1 Å². The molecule has 0 radical (unpaired) electrons. The zero-order valence-corrected chi connectivity index (χ0v) is 32.5. The number of carbonyl (C=O) groups excluding carboxylic acids is 2. The molecule has 0 bridgehead atoms. The third-order valence-corrected chi connectivity index (χ3v) is 8.13. The van der Waals surface area contributed by atoms with Crippen molar-refractivity contribution in [1.82, 2.24) is 9.80 Å². The average molecular weight is 685 g/mol. The van der Waals surface area contributed by atoms with Crippen molar-refractivity contribution in [3.8, 4) is 5.75 Å². The molecule has 0 fully saturated rings. The minimum atomic E-state index is -0.542. The monoisotopic (exact) mass is 684 g/mol. The Bertz CT molecular complexity index is 1210. The van der Waals surface area contributed by atoms with Crippen molar-refractivity contribution in [2.75, 3.05) is 45.7 Å².